The van der Waals surface area contributed by atoms with Gasteiger partial charge >= 0.3 is 5.97 Å². The number of hydrogen-bond donors (Lipinski definition) is 1. The lowest BCUT2D eigenvalue weighted by molar-refractivity contribution is -0.154. The number of esters is 1. The number of carbonyl (C=O) groups is 2. The van der Waals surface area contributed by atoms with E-state index in [2.05, 4.69) is 5.32 Å². The maximum Gasteiger partial charge on any atom is 0.308 e. The Kier molecular flexibility index (Phi) is 4.81. The predicted molar refractivity (Wildman–Crippen MR) is 86.7 cm³/mol. The number of hydrogen-bond acceptors (Lipinski definition) is 3. The smallest absolute Gasteiger partial charge is 0.308 e. The normalized spacial score (nSPS) is 11.2. The van der Waals surface area contributed by atoms with Crippen molar-refractivity contribution in [3.63, 3.8) is 0 Å². The molecule has 0 unspecified atom stereocenters. The van der Waals surface area contributed by atoms with Crippen LogP contribution in [0.5, 0.6) is 0 Å². The van der Waals surface area contributed by atoms with E-state index >= 15 is 0 Å². The molecule has 4 nitrogen and oxygen atoms in total. The molecule has 2 rings (SSSR count). The molecule has 0 saturated heterocycles. The van der Waals surface area contributed by atoms with Crippen molar-refractivity contribution >= 4 is 22.6 Å². The fourth-order valence-electron chi connectivity index (χ4n) is 2.19. The van der Waals surface area contributed by atoms with Gasteiger partial charge in [0.1, 0.15) is 5.60 Å². The van der Waals surface area contributed by atoms with Crippen molar-refractivity contribution < 1.29 is 14.3 Å². The number of benzene rings is 2. The van der Waals surface area contributed by atoms with Crippen molar-refractivity contribution in [2.24, 2.45) is 0 Å². The molecule has 0 heterocycles. The van der Waals surface area contributed by atoms with Crippen LogP contribution in [-0.4, -0.2) is 24.0 Å². The molecule has 0 bridgehead atoms. The number of fused-ring (bicyclic) bond motifs is 1. The fraction of sp³-hybridized carbons (Fsp3) is 0.333. The average molecular weight is 299 g/mol. The van der Waals surface area contributed by atoms with Crippen molar-refractivity contribution in [3.8, 4) is 0 Å². The van der Waals surface area contributed by atoms with Gasteiger partial charge in [-0.1, -0.05) is 36.4 Å². The third kappa shape index (κ3) is 4.32. The van der Waals surface area contributed by atoms with Gasteiger partial charge in [-0.25, -0.2) is 0 Å². The van der Waals surface area contributed by atoms with Crippen molar-refractivity contribution in [1.82, 2.24) is 5.32 Å². The number of carbonyl (C=O) groups excluding carboxylic acids is 2. The number of amides is 1. The Balaban J connectivity index is 1.96. The summed E-state index contributed by atoms with van der Waals surface area (Å²) in [5, 5.41) is 4.69. The highest BCUT2D eigenvalue weighted by Crippen LogP contribution is 2.18. The second-order valence-electron chi connectivity index (χ2n) is 6.12. The zero-order chi connectivity index (χ0) is 16.2. The molecule has 0 aromatic heterocycles. The molecule has 0 aliphatic rings. The lowest BCUT2D eigenvalue weighted by Crippen LogP contribution is -2.29. The first kappa shape index (κ1) is 16.0. The molecular weight excluding hydrogens is 278 g/mol. The van der Waals surface area contributed by atoms with E-state index in [0.29, 0.717) is 5.56 Å². The minimum absolute atomic E-state index is 0.160. The van der Waals surface area contributed by atoms with Gasteiger partial charge in [0.15, 0.2) is 0 Å². The molecular formula is C18H21NO3. The van der Waals surface area contributed by atoms with Crippen LogP contribution in [0, 0.1) is 0 Å². The summed E-state index contributed by atoms with van der Waals surface area (Å²) in [6.45, 7) is 5.72. The lowest BCUT2D eigenvalue weighted by Gasteiger charge is -2.19. The highest BCUT2D eigenvalue weighted by atomic mass is 16.6. The van der Waals surface area contributed by atoms with Gasteiger partial charge < -0.3 is 10.1 Å². The van der Waals surface area contributed by atoms with Gasteiger partial charge in [-0.05, 0) is 37.6 Å². The van der Waals surface area contributed by atoms with E-state index in [0.717, 1.165) is 10.8 Å². The molecule has 2 aromatic rings. The zero-order valence-electron chi connectivity index (χ0n) is 13.2. The quantitative estimate of drug-likeness (QED) is 0.881. The molecule has 4 heteroatoms. The highest BCUT2D eigenvalue weighted by molar-refractivity contribution is 6.07. The van der Waals surface area contributed by atoms with Crippen molar-refractivity contribution in [1.29, 1.82) is 0 Å². The van der Waals surface area contributed by atoms with Crippen LogP contribution in [-0.2, 0) is 9.53 Å². The van der Waals surface area contributed by atoms with Crippen LogP contribution in [0.4, 0.5) is 0 Å². The Hall–Kier alpha value is -2.36. The van der Waals surface area contributed by atoms with Gasteiger partial charge in [0.05, 0.1) is 6.42 Å². The first-order chi connectivity index (χ1) is 10.4. The van der Waals surface area contributed by atoms with E-state index in [9.17, 15) is 9.59 Å². The maximum atomic E-state index is 12.3. The third-order valence-corrected chi connectivity index (χ3v) is 3.07. The Morgan fingerprint density at radius 3 is 2.45 bits per heavy atom. The standard InChI is InChI=1S/C18H21NO3/c1-18(2,3)22-16(20)11-12-19-17(21)15-10-6-8-13-7-4-5-9-14(13)15/h4-10H,11-12H2,1-3H3,(H,19,21). The maximum absolute atomic E-state index is 12.3. The van der Waals surface area contributed by atoms with Crippen LogP contribution in [0.2, 0.25) is 0 Å². The van der Waals surface area contributed by atoms with E-state index in [4.69, 9.17) is 4.74 Å². The van der Waals surface area contributed by atoms with Crippen molar-refractivity contribution in [2.75, 3.05) is 6.54 Å². The summed E-state index contributed by atoms with van der Waals surface area (Å²) in [5.41, 5.74) is 0.110. The molecule has 1 amide bonds. The lowest BCUT2D eigenvalue weighted by atomic mass is 10.0. The van der Waals surface area contributed by atoms with Gasteiger partial charge in [0.2, 0.25) is 0 Å². The van der Waals surface area contributed by atoms with Gasteiger partial charge in [0.25, 0.3) is 5.91 Å². The Morgan fingerprint density at radius 2 is 1.73 bits per heavy atom. The molecule has 2 aromatic carbocycles. The minimum Gasteiger partial charge on any atom is -0.460 e. The first-order valence-corrected chi connectivity index (χ1v) is 7.34. The molecule has 116 valence electrons. The summed E-state index contributed by atoms with van der Waals surface area (Å²) in [6, 6.07) is 13.3. The van der Waals surface area contributed by atoms with Crippen LogP contribution in [0.15, 0.2) is 42.5 Å². The van der Waals surface area contributed by atoms with Crippen LogP contribution in [0.3, 0.4) is 0 Å². The van der Waals surface area contributed by atoms with Gasteiger partial charge in [0, 0.05) is 12.1 Å². The monoisotopic (exact) mass is 299 g/mol. The van der Waals surface area contributed by atoms with Gasteiger partial charge in [-0.2, -0.15) is 0 Å². The van der Waals surface area contributed by atoms with Crippen molar-refractivity contribution in [2.45, 2.75) is 32.8 Å². The zero-order valence-corrected chi connectivity index (χ0v) is 13.2. The summed E-state index contributed by atoms with van der Waals surface area (Å²) in [6.07, 6.45) is 0.160. The predicted octanol–water partition coefficient (Wildman–Crippen LogP) is 3.30. The molecule has 0 saturated carbocycles. The molecule has 0 radical (unpaired) electrons. The van der Waals surface area contributed by atoms with E-state index in [1.165, 1.54) is 0 Å². The molecule has 22 heavy (non-hydrogen) atoms. The molecule has 0 spiro atoms. The van der Waals surface area contributed by atoms with Crippen LogP contribution in [0.1, 0.15) is 37.6 Å². The van der Waals surface area contributed by atoms with E-state index < -0.39 is 5.60 Å². The van der Waals surface area contributed by atoms with Gasteiger partial charge in [-0.3, -0.25) is 9.59 Å². The van der Waals surface area contributed by atoms with E-state index in [1.807, 2.05) is 57.2 Å². The second kappa shape index (κ2) is 6.60. The Labute approximate surface area is 130 Å². The molecule has 1 N–H and O–H groups in total. The molecule has 0 aliphatic carbocycles. The summed E-state index contributed by atoms with van der Waals surface area (Å²) in [5.74, 6) is -0.494. The van der Waals surface area contributed by atoms with Crippen LogP contribution < -0.4 is 5.32 Å². The van der Waals surface area contributed by atoms with E-state index in [-0.39, 0.29) is 24.8 Å². The second-order valence-corrected chi connectivity index (χ2v) is 6.12. The average Bonchev–Trinajstić information content (AvgIpc) is 2.44. The summed E-state index contributed by atoms with van der Waals surface area (Å²) in [7, 11) is 0. The minimum atomic E-state index is -0.503. The first-order valence-electron chi connectivity index (χ1n) is 7.34. The molecule has 0 aliphatic heterocycles. The molecule has 0 fully saturated rings. The van der Waals surface area contributed by atoms with Gasteiger partial charge in [-0.15, -0.1) is 0 Å². The largest absolute Gasteiger partial charge is 0.460 e. The summed E-state index contributed by atoms with van der Waals surface area (Å²) in [4.78, 5) is 23.9. The number of ether oxygens (including phenoxy) is 1. The van der Waals surface area contributed by atoms with E-state index in [1.54, 1.807) is 6.07 Å². The van der Waals surface area contributed by atoms with Crippen LogP contribution >= 0.6 is 0 Å². The Bertz CT molecular complexity index is 681. The number of rotatable bonds is 4. The summed E-state index contributed by atoms with van der Waals surface area (Å²) >= 11 is 0. The van der Waals surface area contributed by atoms with Crippen molar-refractivity contribution in [3.05, 3.63) is 48.0 Å². The SMILES string of the molecule is CC(C)(C)OC(=O)CCNC(=O)c1cccc2ccccc12. The topological polar surface area (TPSA) is 55.4 Å². The number of nitrogens with one attached hydrogen (secondary N) is 1. The Morgan fingerprint density at radius 1 is 1.05 bits per heavy atom. The summed E-state index contributed by atoms with van der Waals surface area (Å²) < 4.78 is 5.21. The fourth-order valence-corrected chi connectivity index (χ4v) is 2.19. The van der Waals surface area contributed by atoms with Crippen LogP contribution in [0.25, 0.3) is 10.8 Å². The highest BCUT2D eigenvalue weighted by Gasteiger charge is 2.16. The third-order valence-electron chi connectivity index (χ3n) is 3.07. The molecule has 0 atom stereocenters.